The molecule has 1 aliphatic rings. The van der Waals surface area contributed by atoms with Crippen molar-refractivity contribution in [1.29, 1.82) is 5.26 Å². The van der Waals surface area contributed by atoms with Crippen molar-refractivity contribution >= 4 is 0 Å². The summed E-state index contributed by atoms with van der Waals surface area (Å²) < 4.78 is 2.14. The number of hydrogen-bond acceptors (Lipinski definition) is 4. The van der Waals surface area contributed by atoms with Crippen molar-refractivity contribution in [2.45, 2.75) is 38.5 Å². The lowest BCUT2D eigenvalue weighted by Gasteiger charge is -2.36. The average molecular weight is 386 g/mol. The molecule has 5 heteroatoms. The van der Waals surface area contributed by atoms with Gasteiger partial charge in [-0.25, -0.2) is 4.98 Å². The molecule has 3 aromatic rings. The van der Waals surface area contributed by atoms with Crippen molar-refractivity contribution < 1.29 is 5.11 Å². The number of β-amino-alcohol motifs (C(OH)–C–C–N with tert-alkyl or cyclic N) is 1. The number of aliphatic hydroxyl groups excluding tert-OH is 1. The fraction of sp³-hybridized carbons (Fsp3) is 0.333. The highest BCUT2D eigenvalue weighted by Gasteiger charge is 2.29. The normalized spacial score (nSPS) is 19.8. The number of aryl methyl sites for hydroxylation is 1. The predicted octanol–water partition coefficient (Wildman–Crippen LogP) is 3.46. The molecular formula is C24H26N4O. The van der Waals surface area contributed by atoms with E-state index >= 15 is 0 Å². The number of hydrogen-bond donors (Lipinski definition) is 1. The van der Waals surface area contributed by atoms with Crippen LogP contribution in [0.25, 0.3) is 0 Å². The van der Waals surface area contributed by atoms with Crippen LogP contribution in [0.1, 0.15) is 40.3 Å². The van der Waals surface area contributed by atoms with Crippen LogP contribution in [0.4, 0.5) is 0 Å². The fourth-order valence-corrected chi connectivity index (χ4v) is 4.16. The van der Waals surface area contributed by atoms with Crippen LogP contribution in [0, 0.1) is 18.3 Å². The third kappa shape index (κ3) is 4.56. The summed E-state index contributed by atoms with van der Waals surface area (Å²) in [6.07, 6.45) is 4.35. The molecule has 1 N–H and O–H groups in total. The molecule has 1 aromatic heterocycles. The Morgan fingerprint density at radius 3 is 2.72 bits per heavy atom. The summed E-state index contributed by atoms with van der Waals surface area (Å²) in [5, 5.41) is 19.7. The van der Waals surface area contributed by atoms with Gasteiger partial charge in [-0.15, -0.1) is 0 Å². The molecule has 5 nitrogen and oxygen atoms in total. The molecule has 148 valence electrons. The zero-order chi connectivity index (χ0) is 20.2. The monoisotopic (exact) mass is 386 g/mol. The summed E-state index contributed by atoms with van der Waals surface area (Å²) in [7, 11) is 0. The standard InChI is InChI=1S/C24H26N4O/c1-18-3-2-4-21(11-18)23-9-10-27(16-24(23)29)15-22-13-26-17-28(22)14-20-7-5-19(12-25)6-8-20/h2-8,11,13,17,23-24,29H,9-10,14-16H2,1H3/t23-,24+/m0/s1. The molecule has 4 rings (SSSR count). The minimum Gasteiger partial charge on any atom is -0.391 e. The van der Waals surface area contributed by atoms with Gasteiger partial charge >= 0.3 is 0 Å². The zero-order valence-corrected chi connectivity index (χ0v) is 16.7. The van der Waals surface area contributed by atoms with Crippen LogP contribution in [0.15, 0.2) is 61.1 Å². The molecule has 0 radical (unpaired) electrons. The number of nitrogens with zero attached hydrogens (tertiary/aromatic N) is 4. The highest BCUT2D eigenvalue weighted by molar-refractivity contribution is 5.32. The first-order valence-corrected chi connectivity index (χ1v) is 10.1. The number of imidazole rings is 1. The molecule has 0 amide bonds. The second-order valence-electron chi connectivity index (χ2n) is 7.93. The van der Waals surface area contributed by atoms with E-state index in [0.717, 1.165) is 37.3 Å². The molecule has 0 unspecified atom stereocenters. The van der Waals surface area contributed by atoms with Gasteiger partial charge in [-0.2, -0.15) is 5.26 Å². The summed E-state index contributed by atoms with van der Waals surface area (Å²) in [5.74, 6) is 0.203. The number of aromatic nitrogens is 2. The quantitative estimate of drug-likeness (QED) is 0.729. The fourth-order valence-electron chi connectivity index (χ4n) is 4.16. The maximum absolute atomic E-state index is 10.8. The molecule has 0 saturated carbocycles. The van der Waals surface area contributed by atoms with Gasteiger partial charge in [0.05, 0.1) is 29.8 Å². The van der Waals surface area contributed by atoms with Gasteiger partial charge in [0.1, 0.15) is 0 Å². The van der Waals surface area contributed by atoms with E-state index in [1.807, 2.05) is 36.8 Å². The van der Waals surface area contributed by atoms with Crippen LogP contribution in [0.5, 0.6) is 0 Å². The van der Waals surface area contributed by atoms with E-state index in [4.69, 9.17) is 5.26 Å². The molecule has 2 atom stereocenters. The number of benzene rings is 2. The number of piperidine rings is 1. The number of nitriles is 1. The third-order valence-corrected chi connectivity index (χ3v) is 5.76. The largest absolute Gasteiger partial charge is 0.391 e. The molecule has 2 heterocycles. The van der Waals surface area contributed by atoms with E-state index in [-0.39, 0.29) is 12.0 Å². The maximum Gasteiger partial charge on any atom is 0.0991 e. The smallest absolute Gasteiger partial charge is 0.0991 e. The van der Waals surface area contributed by atoms with E-state index in [1.165, 1.54) is 11.1 Å². The molecule has 0 bridgehead atoms. The molecule has 0 spiro atoms. The molecule has 1 saturated heterocycles. The Morgan fingerprint density at radius 2 is 2.00 bits per heavy atom. The van der Waals surface area contributed by atoms with Crippen LogP contribution in [-0.2, 0) is 13.1 Å². The Morgan fingerprint density at radius 1 is 1.17 bits per heavy atom. The summed E-state index contributed by atoms with van der Waals surface area (Å²) in [4.78, 5) is 6.64. The lowest BCUT2D eigenvalue weighted by molar-refractivity contribution is 0.0466. The molecule has 2 aromatic carbocycles. The van der Waals surface area contributed by atoms with Crippen LogP contribution in [0.3, 0.4) is 0 Å². The van der Waals surface area contributed by atoms with Crippen molar-refractivity contribution in [1.82, 2.24) is 14.5 Å². The molecule has 1 aliphatic heterocycles. The predicted molar refractivity (Wildman–Crippen MR) is 112 cm³/mol. The maximum atomic E-state index is 10.8. The molecule has 1 fully saturated rings. The van der Waals surface area contributed by atoms with Crippen LogP contribution in [0.2, 0.25) is 0 Å². The zero-order valence-electron chi connectivity index (χ0n) is 16.7. The van der Waals surface area contributed by atoms with Crippen LogP contribution in [-0.4, -0.2) is 38.8 Å². The topological polar surface area (TPSA) is 65.1 Å². The van der Waals surface area contributed by atoms with Crippen molar-refractivity contribution in [2.75, 3.05) is 13.1 Å². The van der Waals surface area contributed by atoms with E-state index in [2.05, 4.69) is 51.7 Å². The number of likely N-dealkylation sites (tertiary alicyclic amines) is 1. The van der Waals surface area contributed by atoms with Gasteiger partial charge in [-0.3, -0.25) is 4.90 Å². The minimum absolute atomic E-state index is 0.203. The SMILES string of the molecule is Cc1cccc([C@@H]2CCN(Cc3cncn3Cc3ccc(C#N)cc3)C[C@H]2O)c1. The molecule has 0 aliphatic carbocycles. The lowest BCUT2D eigenvalue weighted by Crippen LogP contribution is -2.42. The Labute approximate surface area is 171 Å². The first kappa shape index (κ1) is 19.4. The first-order valence-electron chi connectivity index (χ1n) is 10.1. The summed E-state index contributed by atoms with van der Waals surface area (Å²) in [6.45, 7) is 5.22. The van der Waals surface area contributed by atoms with Gasteiger partial charge in [0.25, 0.3) is 0 Å². The van der Waals surface area contributed by atoms with E-state index in [0.29, 0.717) is 12.1 Å². The number of rotatable bonds is 5. The minimum atomic E-state index is -0.361. The van der Waals surface area contributed by atoms with Crippen molar-refractivity contribution in [3.8, 4) is 6.07 Å². The Hall–Kier alpha value is -2.94. The Bertz CT molecular complexity index is 1000. The van der Waals surface area contributed by atoms with Gasteiger partial charge < -0.3 is 9.67 Å². The van der Waals surface area contributed by atoms with Gasteiger partial charge in [0, 0.05) is 31.7 Å². The second kappa shape index (κ2) is 8.60. The van der Waals surface area contributed by atoms with Crippen molar-refractivity contribution in [3.63, 3.8) is 0 Å². The summed E-state index contributed by atoms with van der Waals surface area (Å²) in [6, 6.07) is 18.3. The lowest BCUT2D eigenvalue weighted by atomic mass is 9.86. The van der Waals surface area contributed by atoms with E-state index in [9.17, 15) is 5.11 Å². The van der Waals surface area contributed by atoms with Gasteiger partial charge in [-0.1, -0.05) is 42.0 Å². The third-order valence-electron chi connectivity index (χ3n) is 5.76. The molecular weight excluding hydrogens is 360 g/mol. The highest BCUT2D eigenvalue weighted by atomic mass is 16.3. The van der Waals surface area contributed by atoms with Crippen LogP contribution >= 0.6 is 0 Å². The number of aliphatic hydroxyl groups is 1. The molecule has 29 heavy (non-hydrogen) atoms. The average Bonchev–Trinajstić information content (AvgIpc) is 3.15. The van der Waals surface area contributed by atoms with Gasteiger partial charge in [-0.05, 0) is 43.1 Å². The van der Waals surface area contributed by atoms with Gasteiger partial charge in [0.2, 0.25) is 0 Å². The second-order valence-corrected chi connectivity index (χ2v) is 7.93. The van der Waals surface area contributed by atoms with E-state index < -0.39 is 0 Å². The van der Waals surface area contributed by atoms with E-state index in [1.54, 1.807) is 0 Å². The van der Waals surface area contributed by atoms with Gasteiger partial charge in [0.15, 0.2) is 0 Å². The first-order chi connectivity index (χ1) is 14.1. The highest BCUT2D eigenvalue weighted by Crippen LogP contribution is 2.29. The summed E-state index contributed by atoms with van der Waals surface area (Å²) in [5.41, 5.74) is 5.42. The Kier molecular flexibility index (Phi) is 5.75. The van der Waals surface area contributed by atoms with Crippen molar-refractivity contribution in [2.24, 2.45) is 0 Å². The summed E-state index contributed by atoms with van der Waals surface area (Å²) >= 11 is 0. The van der Waals surface area contributed by atoms with Crippen LogP contribution < -0.4 is 0 Å². The van der Waals surface area contributed by atoms with Crippen molar-refractivity contribution in [3.05, 3.63) is 89.0 Å². The Balaban J connectivity index is 1.39.